The Morgan fingerprint density at radius 2 is 2.06 bits per heavy atom. The summed E-state index contributed by atoms with van der Waals surface area (Å²) < 4.78 is 0. The molecule has 94 valence electrons. The van der Waals surface area contributed by atoms with Crippen LogP contribution in [0.4, 0.5) is 5.82 Å². The van der Waals surface area contributed by atoms with Crippen LogP contribution in [0.15, 0.2) is 12.3 Å². The fraction of sp³-hybridized carbons (Fsp3) is 0.714. The Balaban J connectivity index is 1.69. The number of hydrogen-bond acceptors (Lipinski definition) is 3. The van der Waals surface area contributed by atoms with Gasteiger partial charge in [0.05, 0.1) is 6.20 Å². The molecule has 0 bridgehead atoms. The van der Waals surface area contributed by atoms with Crippen molar-refractivity contribution < 1.29 is 0 Å². The zero-order valence-corrected chi connectivity index (χ0v) is 10.9. The second-order valence-corrected chi connectivity index (χ2v) is 5.46. The van der Waals surface area contributed by atoms with Crippen LogP contribution >= 0.6 is 0 Å². The SMILES string of the molecule is Cc1cnnc(NCCC2CCC(C)CC2)c1. The third-order valence-corrected chi connectivity index (χ3v) is 3.79. The van der Waals surface area contributed by atoms with Crippen molar-refractivity contribution in [3.63, 3.8) is 0 Å². The number of hydrogen-bond donors (Lipinski definition) is 1. The van der Waals surface area contributed by atoms with Crippen molar-refractivity contribution in [1.82, 2.24) is 10.2 Å². The van der Waals surface area contributed by atoms with Gasteiger partial charge in [0.1, 0.15) is 5.82 Å². The van der Waals surface area contributed by atoms with Crippen molar-refractivity contribution in [3.05, 3.63) is 17.8 Å². The van der Waals surface area contributed by atoms with Gasteiger partial charge in [0.2, 0.25) is 0 Å². The van der Waals surface area contributed by atoms with Crippen LogP contribution in [0.5, 0.6) is 0 Å². The molecular formula is C14H23N3. The van der Waals surface area contributed by atoms with Gasteiger partial charge in [-0.15, -0.1) is 5.10 Å². The Labute approximate surface area is 104 Å². The summed E-state index contributed by atoms with van der Waals surface area (Å²) in [4.78, 5) is 0. The molecule has 17 heavy (non-hydrogen) atoms. The van der Waals surface area contributed by atoms with E-state index in [2.05, 4.69) is 28.5 Å². The van der Waals surface area contributed by atoms with Crippen LogP contribution in [-0.4, -0.2) is 16.7 Å². The minimum atomic E-state index is 0.911. The lowest BCUT2D eigenvalue weighted by Crippen LogP contribution is -2.16. The second-order valence-electron chi connectivity index (χ2n) is 5.46. The topological polar surface area (TPSA) is 37.8 Å². The van der Waals surface area contributed by atoms with E-state index in [0.29, 0.717) is 0 Å². The Bertz CT molecular complexity index is 343. The highest BCUT2D eigenvalue weighted by atomic mass is 15.2. The normalized spacial score (nSPS) is 24.6. The number of aryl methyl sites for hydroxylation is 1. The average molecular weight is 233 g/mol. The third kappa shape index (κ3) is 3.99. The minimum absolute atomic E-state index is 0.911. The van der Waals surface area contributed by atoms with Gasteiger partial charge in [-0.25, -0.2) is 0 Å². The van der Waals surface area contributed by atoms with E-state index < -0.39 is 0 Å². The lowest BCUT2D eigenvalue weighted by molar-refractivity contribution is 0.282. The summed E-state index contributed by atoms with van der Waals surface area (Å²) in [6.45, 7) is 5.44. The van der Waals surface area contributed by atoms with Gasteiger partial charge < -0.3 is 5.32 Å². The molecule has 0 saturated heterocycles. The van der Waals surface area contributed by atoms with Crippen LogP contribution in [0.25, 0.3) is 0 Å². The summed E-state index contributed by atoms with van der Waals surface area (Å²) in [5, 5.41) is 11.4. The molecule has 0 atom stereocenters. The smallest absolute Gasteiger partial charge is 0.148 e. The van der Waals surface area contributed by atoms with E-state index in [9.17, 15) is 0 Å². The van der Waals surface area contributed by atoms with Crippen LogP contribution in [-0.2, 0) is 0 Å². The predicted octanol–water partition coefficient (Wildman–Crippen LogP) is 3.41. The van der Waals surface area contributed by atoms with Crippen LogP contribution in [0.2, 0.25) is 0 Å². The molecular weight excluding hydrogens is 210 g/mol. The Kier molecular flexibility index (Phi) is 4.35. The molecule has 0 aliphatic heterocycles. The maximum atomic E-state index is 4.07. The van der Waals surface area contributed by atoms with E-state index in [1.807, 2.05) is 6.92 Å². The summed E-state index contributed by atoms with van der Waals surface area (Å²) >= 11 is 0. The standard InChI is InChI=1S/C14H23N3/c1-11-3-5-13(6-4-11)7-8-15-14-9-12(2)10-16-17-14/h9-11,13H,3-8H2,1-2H3,(H,15,17). The molecule has 1 heterocycles. The van der Waals surface area contributed by atoms with Crippen LogP contribution in [0.1, 0.15) is 44.6 Å². The van der Waals surface area contributed by atoms with E-state index in [-0.39, 0.29) is 0 Å². The Morgan fingerprint density at radius 1 is 1.29 bits per heavy atom. The second kappa shape index (κ2) is 5.99. The summed E-state index contributed by atoms with van der Waals surface area (Å²) in [7, 11) is 0. The van der Waals surface area contributed by atoms with Gasteiger partial charge in [0.25, 0.3) is 0 Å². The first kappa shape index (κ1) is 12.3. The zero-order chi connectivity index (χ0) is 12.1. The average Bonchev–Trinajstić information content (AvgIpc) is 2.32. The van der Waals surface area contributed by atoms with E-state index in [0.717, 1.165) is 29.8 Å². The molecule has 1 aromatic rings. The molecule has 1 saturated carbocycles. The number of nitrogens with one attached hydrogen (secondary N) is 1. The number of nitrogens with zero attached hydrogens (tertiary/aromatic N) is 2. The highest BCUT2D eigenvalue weighted by Crippen LogP contribution is 2.30. The number of anilines is 1. The molecule has 3 heteroatoms. The van der Waals surface area contributed by atoms with E-state index in [4.69, 9.17) is 0 Å². The monoisotopic (exact) mass is 233 g/mol. The molecule has 1 aliphatic rings. The molecule has 3 nitrogen and oxygen atoms in total. The summed E-state index contributed by atoms with van der Waals surface area (Å²) in [5.74, 6) is 2.77. The van der Waals surface area contributed by atoms with Crippen molar-refractivity contribution in [2.24, 2.45) is 11.8 Å². The van der Waals surface area contributed by atoms with Gasteiger partial charge in [-0.3, -0.25) is 0 Å². The van der Waals surface area contributed by atoms with Crippen LogP contribution in [0, 0.1) is 18.8 Å². The van der Waals surface area contributed by atoms with Gasteiger partial charge in [-0.05, 0) is 36.8 Å². The van der Waals surface area contributed by atoms with Crippen LogP contribution < -0.4 is 5.32 Å². The van der Waals surface area contributed by atoms with E-state index in [1.165, 1.54) is 32.1 Å². The molecule has 0 aromatic carbocycles. The maximum absolute atomic E-state index is 4.07. The van der Waals surface area contributed by atoms with Crippen molar-refractivity contribution in [2.75, 3.05) is 11.9 Å². The van der Waals surface area contributed by atoms with Gasteiger partial charge in [0.15, 0.2) is 0 Å². The van der Waals surface area contributed by atoms with Crippen LogP contribution in [0.3, 0.4) is 0 Å². The molecule has 1 aromatic heterocycles. The Morgan fingerprint density at radius 3 is 2.76 bits per heavy atom. The Hall–Kier alpha value is -1.12. The lowest BCUT2D eigenvalue weighted by atomic mass is 9.81. The van der Waals surface area contributed by atoms with Gasteiger partial charge in [-0.2, -0.15) is 5.10 Å². The predicted molar refractivity (Wildman–Crippen MR) is 71.0 cm³/mol. The number of aromatic nitrogens is 2. The molecule has 0 unspecified atom stereocenters. The van der Waals surface area contributed by atoms with Gasteiger partial charge in [-0.1, -0.05) is 32.6 Å². The quantitative estimate of drug-likeness (QED) is 0.866. The van der Waals surface area contributed by atoms with E-state index >= 15 is 0 Å². The first-order valence-corrected chi connectivity index (χ1v) is 6.77. The third-order valence-electron chi connectivity index (χ3n) is 3.79. The molecule has 0 spiro atoms. The molecule has 0 radical (unpaired) electrons. The largest absolute Gasteiger partial charge is 0.369 e. The summed E-state index contributed by atoms with van der Waals surface area (Å²) in [6, 6.07) is 2.05. The van der Waals surface area contributed by atoms with Gasteiger partial charge in [0, 0.05) is 6.54 Å². The molecule has 0 amide bonds. The maximum Gasteiger partial charge on any atom is 0.148 e. The van der Waals surface area contributed by atoms with Crippen molar-refractivity contribution in [3.8, 4) is 0 Å². The highest BCUT2D eigenvalue weighted by Gasteiger charge is 2.17. The molecule has 1 aliphatic carbocycles. The summed E-state index contributed by atoms with van der Waals surface area (Å²) in [6.07, 6.45) is 8.69. The first-order valence-electron chi connectivity index (χ1n) is 6.77. The molecule has 1 N–H and O–H groups in total. The molecule has 2 rings (SSSR count). The fourth-order valence-electron chi connectivity index (χ4n) is 2.57. The molecule has 1 fully saturated rings. The number of rotatable bonds is 4. The van der Waals surface area contributed by atoms with E-state index in [1.54, 1.807) is 6.20 Å². The summed E-state index contributed by atoms with van der Waals surface area (Å²) in [5.41, 5.74) is 1.16. The highest BCUT2D eigenvalue weighted by molar-refractivity contribution is 5.34. The van der Waals surface area contributed by atoms with Crippen molar-refractivity contribution in [2.45, 2.75) is 46.0 Å². The zero-order valence-electron chi connectivity index (χ0n) is 10.9. The lowest BCUT2D eigenvalue weighted by Gasteiger charge is -2.26. The minimum Gasteiger partial charge on any atom is -0.369 e. The first-order chi connectivity index (χ1) is 8.24. The van der Waals surface area contributed by atoms with Crippen molar-refractivity contribution in [1.29, 1.82) is 0 Å². The van der Waals surface area contributed by atoms with Crippen molar-refractivity contribution >= 4 is 5.82 Å². The van der Waals surface area contributed by atoms with Gasteiger partial charge >= 0.3 is 0 Å². The fourth-order valence-corrected chi connectivity index (χ4v) is 2.57.